The molecule has 3 aromatic rings. The molecule has 3 rings (SSSR count). The summed E-state index contributed by atoms with van der Waals surface area (Å²) in [5.41, 5.74) is 4.32. The fraction of sp³-hybridized carbons (Fsp3) is 0.250. The SMILES string of the molecule is COc1cccc(CCn2c(=S)[nH]c3c(C)ccnc32)c1. The van der Waals surface area contributed by atoms with Crippen molar-refractivity contribution in [2.75, 3.05) is 7.11 Å². The molecule has 1 aromatic carbocycles. The molecule has 1 N–H and O–H groups in total. The highest BCUT2D eigenvalue weighted by atomic mass is 32.1. The van der Waals surface area contributed by atoms with Crippen molar-refractivity contribution in [2.45, 2.75) is 19.9 Å². The van der Waals surface area contributed by atoms with E-state index < -0.39 is 0 Å². The number of rotatable bonds is 4. The minimum absolute atomic E-state index is 0.717. The molecule has 21 heavy (non-hydrogen) atoms. The van der Waals surface area contributed by atoms with Crippen molar-refractivity contribution in [1.29, 1.82) is 0 Å². The second kappa shape index (κ2) is 5.69. The van der Waals surface area contributed by atoms with Gasteiger partial charge in [0.05, 0.1) is 12.6 Å². The van der Waals surface area contributed by atoms with Gasteiger partial charge < -0.3 is 14.3 Å². The molecule has 108 valence electrons. The number of methoxy groups -OCH3 is 1. The smallest absolute Gasteiger partial charge is 0.179 e. The van der Waals surface area contributed by atoms with Gasteiger partial charge in [-0.05, 0) is 54.9 Å². The van der Waals surface area contributed by atoms with Crippen molar-refractivity contribution >= 4 is 23.4 Å². The minimum Gasteiger partial charge on any atom is -0.497 e. The first-order valence-electron chi connectivity index (χ1n) is 6.86. The Morgan fingerprint density at radius 2 is 2.19 bits per heavy atom. The molecular weight excluding hydrogens is 282 g/mol. The Morgan fingerprint density at radius 3 is 3.00 bits per heavy atom. The summed E-state index contributed by atoms with van der Waals surface area (Å²) >= 11 is 5.42. The highest BCUT2D eigenvalue weighted by Gasteiger charge is 2.07. The molecule has 0 fully saturated rings. The van der Waals surface area contributed by atoms with Crippen LogP contribution < -0.4 is 4.74 Å². The minimum atomic E-state index is 0.717. The Hall–Kier alpha value is -2.14. The van der Waals surface area contributed by atoms with Crippen LogP contribution in [0.2, 0.25) is 0 Å². The molecule has 0 atom stereocenters. The molecule has 0 spiro atoms. The van der Waals surface area contributed by atoms with Crippen molar-refractivity contribution in [3.8, 4) is 5.75 Å². The van der Waals surface area contributed by atoms with E-state index in [1.165, 1.54) is 5.56 Å². The predicted molar refractivity (Wildman–Crippen MR) is 86.4 cm³/mol. The molecule has 0 saturated heterocycles. The third-order valence-electron chi connectivity index (χ3n) is 3.63. The Balaban J connectivity index is 1.90. The summed E-state index contributed by atoms with van der Waals surface area (Å²) in [6, 6.07) is 10.1. The molecule has 0 amide bonds. The number of aromatic amines is 1. The van der Waals surface area contributed by atoms with Gasteiger partial charge in [0.1, 0.15) is 5.75 Å². The average Bonchev–Trinajstić information content (AvgIpc) is 2.83. The van der Waals surface area contributed by atoms with Gasteiger partial charge in [-0.2, -0.15) is 0 Å². The number of aromatic nitrogens is 3. The number of H-pyrrole nitrogens is 1. The largest absolute Gasteiger partial charge is 0.497 e. The van der Waals surface area contributed by atoms with Gasteiger partial charge in [0.25, 0.3) is 0 Å². The Kier molecular flexibility index (Phi) is 3.75. The molecule has 5 heteroatoms. The molecule has 2 heterocycles. The number of aryl methyl sites for hydroxylation is 3. The first kappa shape index (κ1) is 13.8. The van der Waals surface area contributed by atoms with E-state index in [0.29, 0.717) is 0 Å². The Morgan fingerprint density at radius 1 is 1.33 bits per heavy atom. The molecule has 0 saturated carbocycles. The van der Waals surface area contributed by atoms with Gasteiger partial charge in [-0.3, -0.25) is 0 Å². The highest BCUT2D eigenvalue weighted by molar-refractivity contribution is 7.71. The van der Waals surface area contributed by atoms with Crippen molar-refractivity contribution in [3.05, 3.63) is 52.4 Å². The summed E-state index contributed by atoms with van der Waals surface area (Å²) in [5.74, 6) is 0.879. The van der Waals surface area contributed by atoms with Crippen molar-refractivity contribution in [3.63, 3.8) is 0 Å². The molecule has 0 unspecified atom stereocenters. The van der Waals surface area contributed by atoms with Gasteiger partial charge in [-0.1, -0.05) is 12.1 Å². The average molecular weight is 299 g/mol. The van der Waals surface area contributed by atoms with E-state index in [1.54, 1.807) is 7.11 Å². The standard InChI is InChI=1S/C16H17N3OS/c1-11-6-8-17-15-14(11)18-16(21)19(15)9-7-12-4-3-5-13(10-12)20-2/h3-6,8,10H,7,9H2,1-2H3,(H,18,21). The number of ether oxygens (including phenoxy) is 1. The number of benzene rings is 1. The zero-order valence-corrected chi connectivity index (χ0v) is 12.9. The second-order valence-corrected chi connectivity index (χ2v) is 5.40. The van der Waals surface area contributed by atoms with Gasteiger partial charge in [-0.25, -0.2) is 4.98 Å². The quantitative estimate of drug-likeness (QED) is 0.748. The molecule has 0 bridgehead atoms. The number of hydrogen-bond acceptors (Lipinski definition) is 3. The summed E-state index contributed by atoms with van der Waals surface area (Å²) in [6.07, 6.45) is 2.70. The summed E-state index contributed by atoms with van der Waals surface area (Å²) in [6.45, 7) is 2.85. The van der Waals surface area contributed by atoms with Crippen LogP contribution >= 0.6 is 12.2 Å². The fourth-order valence-electron chi connectivity index (χ4n) is 2.45. The molecule has 0 aliphatic heterocycles. The van der Waals surface area contributed by atoms with Crippen LogP contribution in [0.4, 0.5) is 0 Å². The Bertz CT molecular complexity index is 835. The van der Waals surface area contributed by atoms with Crippen LogP contribution in [0.1, 0.15) is 11.1 Å². The number of imidazole rings is 1. The number of fused-ring (bicyclic) bond motifs is 1. The number of nitrogens with one attached hydrogen (secondary N) is 1. The number of nitrogens with zero attached hydrogens (tertiary/aromatic N) is 2. The van der Waals surface area contributed by atoms with Crippen molar-refractivity contribution in [1.82, 2.24) is 14.5 Å². The van der Waals surface area contributed by atoms with E-state index in [9.17, 15) is 0 Å². The van der Waals surface area contributed by atoms with E-state index in [0.717, 1.165) is 40.2 Å². The maximum Gasteiger partial charge on any atom is 0.179 e. The van der Waals surface area contributed by atoms with Gasteiger partial charge in [0, 0.05) is 12.7 Å². The fourth-order valence-corrected chi connectivity index (χ4v) is 2.73. The third kappa shape index (κ3) is 2.69. The van der Waals surface area contributed by atoms with Crippen LogP contribution in [0.25, 0.3) is 11.2 Å². The lowest BCUT2D eigenvalue weighted by Crippen LogP contribution is -2.02. The lowest BCUT2D eigenvalue weighted by molar-refractivity contribution is 0.414. The monoisotopic (exact) mass is 299 g/mol. The first-order valence-corrected chi connectivity index (χ1v) is 7.27. The molecule has 0 aliphatic carbocycles. The summed E-state index contributed by atoms with van der Waals surface area (Å²) in [5, 5.41) is 0. The van der Waals surface area contributed by atoms with Crippen molar-refractivity contribution < 1.29 is 4.74 Å². The molecule has 0 aliphatic rings. The van der Waals surface area contributed by atoms with Crippen LogP contribution in [0.3, 0.4) is 0 Å². The molecular formula is C16H17N3OS. The topological polar surface area (TPSA) is 42.8 Å². The normalized spacial score (nSPS) is 11.0. The molecule has 2 aromatic heterocycles. The van der Waals surface area contributed by atoms with Crippen LogP contribution in [0, 0.1) is 11.7 Å². The van der Waals surface area contributed by atoms with Crippen molar-refractivity contribution in [2.24, 2.45) is 0 Å². The predicted octanol–water partition coefficient (Wildman–Crippen LogP) is 3.65. The number of pyridine rings is 1. The first-order chi connectivity index (χ1) is 10.2. The van der Waals surface area contributed by atoms with Crippen LogP contribution in [0.5, 0.6) is 5.75 Å². The zero-order chi connectivity index (χ0) is 14.8. The van der Waals surface area contributed by atoms with E-state index in [-0.39, 0.29) is 0 Å². The van der Waals surface area contributed by atoms with Gasteiger partial charge in [-0.15, -0.1) is 0 Å². The molecule has 0 radical (unpaired) electrons. The van der Waals surface area contributed by atoms with Crippen LogP contribution in [-0.2, 0) is 13.0 Å². The lowest BCUT2D eigenvalue weighted by Gasteiger charge is -2.06. The van der Waals surface area contributed by atoms with E-state index in [4.69, 9.17) is 17.0 Å². The van der Waals surface area contributed by atoms with Gasteiger partial charge >= 0.3 is 0 Å². The zero-order valence-electron chi connectivity index (χ0n) is 12.1. The highest BCUT2D eigenvalue weighted by Crippen LogP contribution is 2.17. The molecule has 4 nitrogen and oxygen atoms in total. The number of hydrogen-bond donors (Lipinski definition) is 1. The van der Waals surface area contributed by atoms with Gasteiger partial charge in [0.15, 0.2) is 10.4 Å². The van der Waals surface area contributed by atoms with Crippen LogP contribution in [-0.4, -0.2) is 21.6 Å². The summed E-state index contributed by atoms with van der Waals surface area (Å²) in [4.78, 5) is 7.69. The van der Waals surface area contributed by atoms with Gasteiger partial charge in [0.2, 0.25) is 0 Å². The van der Waals surface area contributed by atoms with E-state index in [1.807, 2.05) is 24.4 Å². The van der Waals surface area contributed by atoms with E-state index in [2.05, 4.69) is 33.6 Å². The maximum absolute atomic E-state index is 5.42. The van der Waals surface area contributed by atoms with Crippen LogP contribution in [0.15, 0.2) is 36.5 Å². The third-order valence-corrected chi connectivity index (χ3v) is 3.95. The van der Waals surface area contributed by atoms with E-state index >= 15 is 0 Å². The lowest BCUT2D eigenvalue weighted by atomic mass is 10.1. The summed E-state index contributed by atoms with van der Waals surface area (Å²) < 4.78 is 8.03. The maximum atomic E-state index is 5.42. The Labute approximate surface area is 128 Å². The summed E-state index contributed by atoms with van der Waals surface area (Å²) in [7, 11) is 1.68. The second-order valence-electron chi connectivity index (χ2n) is 5.01.